The van der Waals surface area contributed by atoms with Gasteiger partial charge in [0.25, 0.3) is 5.91 Å². The van der Waals surface area contributed by atoms with Crippen LogP contribution in [0.3, 0.4) is 0 Å². The van der Waals surface area contributed by atoms with Crippen LogP contribution in [0.15, 0.2) is 36.4 Å². The Hall–Kier alpha value is -2.84. The normalized spacial score (nSPS) is 17.7. The zero-order valence-corrected chi connectivity index (χ0v) is 15.9. The fourth-order valence-corrected chi connectivity index (χ4v) is 3.76. The first-order chi connectivity index (χ1) is 13.9. The molecule has 2 saturated heterocycles. The van der Waals surface area contributed by atoms with Gasteiger partial charge in [-0.2, -0.15) is 13.2 Å². The lowest BCUT2D eigenvalue weighted by atomic mass is 10.1. The van der Waals surface area contributed by atoms with E-state index in [4.69, 9.17) is 0 Å². The molecule has 1 aromatic carbocycles. The topological polar surface area (TPSA) is 52.6 Å². The summed E-state index contributed by atoms with van der Waals surface area (Å²) in [5.41, 5.74) is 0.143. The van der Waals surface area contributed by atoms with Crippen molar-refractivity contribution in [3.8, 4) is 0 Å². The number of halogens is 3. The highest BCUT2D eigenvalue weighted by Crippen LogP contribution is 2.32. The van der Waals surface area contributed by atoms with E-state index in [1.54, 1.807) is 17.0 Å². The maximum atomic E-state index is 12.9. The van der Waals surface area contributed by atoms with Gasteiger partial charge in [-0.25, -0.2) is 0 Å². The molecule has 6 nitrogen and oxygen atoms in total. The maximum absolute atomic E-state index is 12.9. The van der Waals surface area contributed by atoms with E-state index >= 15 is 0 Å². The second-order valence-electron chi connectivity index (χ2n) is 7.30. The minimum Gasteiger partial charge on any atom is -0.368 e. The van der Waals surface area contributed by atoms with E-state index in [1.807, 2.05) is 11.0 Å². The first-order valence-corrected chi connectivity index (χ1v) is 9.72. The SMILES string of the molecule is O=C(c1ccc(N2CCCC2)nn1)N1CCN(c2cccc(C(F)(F)F)c2)CC1. The number of hydrogen-bond donors (Lipinski definition) is 0. The number of piperazine rings is 1. The van der Waals surface area contributed by atoms with Crippen molar-refractivity contribution < 1.29 is 18.0 Å². The molecule has 1 amide bonds. The van der Waals surface area contributed by atoms with Gasteiger partial charge in [-0.3, -0.25) is 4.79 Å². The number of benzene rings is 1. The Labute approximate surface area is 166 Å². The van der Waals surface area contributed by atoms with Gasteiger partial charge in [-0.15, -0.1) is 10.2 Å². The maximum Gasteiger partial charge on any atom is 0.416 e. The molecule has 0 saturated carbocycles. The van der Waals surface area contributed by atoms with Crippen LogP contribution in [0.2, 0.25) is 0 Å². The lowest BCUT2D eigenvalue weighted by Crippen LogP contribution is -2.49. The molecule has 0 atom stereocenters. The summed E-state index contributed by atoms with van der Waals surface area (Å²) in [5, 5.41) is 8.28. The fourth-order valence-electron chi connectivity index (χ4n) is 3.76. The van der Waals surface area contributed by atoms with Crippen LogP contribution in [0.1, 0.15) is 28.9 Å². The Bertz CT molecular complexity index is 857. The molecular weight excluding hydrogens is 383 g/mol. The molecule has 0 N–H and O–H groups in total. The van der Waals surface area contributed by atoms with Gasteiger partial charge >= 0.3 is 6.18 Å². The average Bonchev–Trinajstić information content (AvgIpc) is 3.28. The lowest BCUT2D eigenvalue weighted by Gasteiger charge is -2.36. The Balaban J connectivity index is 1.37. The highest BCUT2D eigenvalue weighted by atomic mass is 19.4. The van der Waals surface area contributed by atoms with E-state index < -0.39 is 11.7 Å². The lowest BCUT2D eigenvalue weighted by molar-refractivity contribution is -0.137. The third-order valence-electron chi connectivity index (χ3n) is 5.41. The zero-order valence-electron chi connectivity index (χ0n) is 15.9. The van der Waals surface area contributed by atoms with Gasteiger partial charge in [-0.05, 0) is 43.2 Å². The summed E-state index contributed by atoms with van der Waals surface area (Å²) < 4.78 is 38.8. The Morgan fingerprint density at radius 3 is 2.21 bits per heavy atom. The predicted octanol–water partition coefficient (Wildman–Crippen LogP) is 3.06. The third kappa shape index (κ3) is 4.28. The van der Waals surface area contributed by atoms with Crippen LogP contribution in [0, 0.1) is 0 Å². The minimum absolute atomic E-state index is 0.200. The molecule has 0 spiro atoms. The molecule has 0 aliphatic carbocycles. The van der Waals surface area contributed by atoms with Crippen LogP contribution in [-0.2, 0) is 6.18 Å². The number of aromatic nitrogens is 2. The molecule has 2 aliphatic rings. The molecule has 154 valence electrons. The van der Waals surface area contributed by atoms with Gasteiger partial charge < -0.3 is 14.7 Å². The van der Waals surface area contributed by atoms with E-state index in [9.17, 15) is 18.0 Å². The number of rotatable bonds is 3. The van der Waals surface area contributed by atoms with Gasteiger partial charge in [0.15, 0.2) is 11.5 Å². The van der Waals surface area contributed by atoms with Crippen molar-refractivity contribution in [3.63, 3.8) is 0 Å². The molecule has 29 heavy (non-hydrogen) atoms. The zero-order chi connectivity index (χ0) is 20.4. The van der Waals surface area contributed by atoms with Crippen molar-refractivity contribution in [1.82, 2.24) is 15.1 Å². The second-order valence-corrected chi connectivity index (χ2v) is 7.30. The van der Waals surface area contributed by atoms with E-state index in [2.05, 4.69) is 15.1 Å². The summed E-state index contributed by atoms with van der Waals surface area (Å²) in [7, 11) is 0. The fraction of sp³-hybridized carbons (Fsp3) is 0.450. The number of alkyl halides is 3. The molecule has 4 rings (SSSR count). The monoisotopic (exact) mass is 405 g/mol. The molecule has 2 aliphatic heterocycles. The van der Waals surface area contributed by atoms with Crippen LogP contribution in [0.25, 0.3) is 0 Å². The van der Waals surface area contributed by atoms with Crippen molar-refractivity contribution >= 4 is 17.4 Å². The van der Waals surface area contributed by atoms with Crippen molar-refractivity contribution in [2.45, 2.75) is 19.0 Å². The standard InChI is InChI=1S/C20H22F3N5O/c21-20(22,23)15-4-3-5-16(14-15)26-10-12-28(13-11-26)19(29)17-6-7-18(25-24-17)27-8-1-2-9-27/h3-7,14H,1-2,8-13H2. The molecule has 9 heteroatoms. The van der Waals surface area contributed by atoms with E-state index in [-0.39, 0.29) is 5.91 Å². The first-order valence-electron chi connectivity index (χ1n) is 9.72. The van der Waals surface area contributed by atoms with Crippen LogP contribution in [-0.4, -0.2) is 60.3 Å². The summed E-state index contributed by atoms with van der Waals surface area (Å²) in [6.45, 7) is 3.69. The number of amides is 1. The highest BCUT2D eigenvalue weighted by Gasteiger charge is 2.31. The van der Waals surface area contributed by atoms with Crippen molar-refractivity contribution in [3.05, 3.63) is 47.7 Å². The molecule has 0 unspecified atom stereocenters. The Morgan fingerprint density at radius 2 is 1.59 bits per heavy atom. The second kappa shape index (κ2) is 7.88. The Kier molecular flexibility index (Phi) is 5.29. The van der Waals surface area contributed by atoms with Gasteiger partial charge in [0, 0.05) is 45.0 Å². The van der Waals surface area contributed by atoms with Crippen molar-refractivity contribution in [1.29, 1.82) is 0 Å². The molecule has 2 aromatic rings. The largest absolute Gasteiger partial charge is 0.416 e. The van der Waals surface area contributed by atoms with Crippen molar-refractivity contribution in [2.24, 2.45) is 0 Å². The van der Waals surface area contributed by atoms with E-state index in [0.717, 1.165) is 43.9 Å². The predicted molar refractivity (Wildman–Crippen MR) is 103 cm³/mol. The van der Waals surface area contributed by atoms with E-state index in [0.29, 0.717) is 37.6 Å². The number of hydrogen-bond acceptors (Lipinski definition) is 5. The van der Waals surface area contributed by atoms with Crippen LogP contribution < -0.4 is 9.80 Å². The highest BCUT2D eigenvalue weighted by molar-refractivity contribution is 5.92. The first kappa shape index (κ1) is 19.5. The summed E-state index contributed by atoms with van der Waals surface area (Å²) in [6.07, 6.45) is -2.09. The van der Waals surface area contributed by atoms with Gasteiger partial charge in [0.1, 0.15) is 0 Å². The number of carbonyl (C=O) groups is 1. The smallest absolute Gasteiger partial charge is 0.368 e. The van der Waals surface area contributed by atoms with E-state index in [1.165, 1.54) is 6.07 Å². The molecule has 0 radical (unpaired) electrons. The van der Waals surface area contributed by atoms with Gasteiger partial charge in [0.2, 0.25) is 0 Å². The summed E-state index contributed by atoms with van der Waals surface area (Å²) in [6, 6.07) is 8.81. The Morgan fingerprint density at radius 1 is 0.862 bits per heavy atom. The van der Waals surface area contributed by atoms with Gasteiger partial charge in [0.05, 0.1) is 5.56 Å². The quantitative estimate of drug-likeness (QED) is 0.786. The van der Waals surface area contributed by atoms with Crippen LogP contribution >= 0.6 is 0 Å². The summed E-state index contributed by atoms with van der Waals surface area (Å²) in [5.74, 6) is 0.586. The summed E-state index contributed by atoms with van der Waals surface area (Å²) in [4.78, 5) is 18.4. The molecule has 1 aromatic heterocycles. The van der Waals surface area contributed by atoms with Crippen molar-refractivity contribution in [2.75, 3.05) is 49.1 Å². The number of anilines is 2. The average molecular weight is 405 g/mol. The van der Waals surface area contributed by atoms with Crippen LogP contribution in [0.5, 0.6) is 0 Å². The molecule has 0 bridgehead atoms. The molecule has 2 fully saturated rings. The minimum atomic E-state index is -4.37. The van der Waals surface area contributed by atoms with Crippen LogP contribution in [0.4, 0.5) is 24.7 Å². The molecular formula is C20H22F3N5O. The number of carbonyl (C=O) groups excluding carboxylic acids is 1. The summed E-state index contributed by atoms with van der Waals surface area (Å²) >= 11 is 0. The van der Waals surface area contributed by atoms with Gasteiger partial charge in [-0.1, -0.05) is 6.07 Å². The third-order valence-corrected chi connectivity index (χ3v) is 5.41. The number of nitrogens with zero attached hydrogens (tertiary/aromatic N) is 5. The molecule has 3 heterocycles.